The topological polar surface area (TPSA) is 105 Å². The van der Waals surface area contributed by atoms with Crippen molar-refractivity contribution >= 4 is 28.5 Å². The van der Waals surface area contributed by atoms with E-state index in [1.807, 2.05) is 30.3 Å². The van der Waals surface area contributed by atoms with E-state index in [1.54, 1.807) is 42.5 Å². The molecule has 0 spiro atoms. The zero-order valence-electron chi connectivity index (χ0n) is 18.9. The van der Waals surface area contributed by atoms with Crippen LogP contribution in [0.3, 0.4) is 0 Å². The van der Waals surface area contributed by atoms with Crippen LogP contribution in [-0.4, -0.2) is 28.4 Å². The lowest BCUT2D eigenvalue weighted by Crippen LogP contribution is -2.30. The molecule has 0 aliphatic heterocycles. The fourth-order valence-electron chi connectivity index (χ4n) is 3.65. The number of phenols is 1. The van der Waals surface area contributed by atoms with Crippen molar-refractivity contribution in [2.24, 2.45) is 0 Å². The van der Waals surface area contributed by atoms with Crippen LogP contribution in [0.5, 0.6) is 11.5 Å². The van der Waals surface area contributed by atoms with Crippen LogP contribution in [0.1, 0.15) is 11.7 Å². The number of fused-ring (bicyclic) bond motifs is 1. The number of amides is 1. The summed E-state index contributed by atoms with van der Waals surface area (Å²) >= 11 is 0. The van der Waals surface area contributed by atoms with E-state index >= 15 is 0 Å². The number of ether oxygens (including phenoxy) is 2. The highest BCUT2D eigenvalue weighted by atomic mass is 19.1. The van der Waals surface area contributed by atoms with Crippen LogP contribution >= 0.6 is 0 Å². The molecular formula is C28H22FNO6. The standard InChI is InChI=1S/C28H22FNO6/c29-22-17-19(13-14-24(22)31)27(25(15-16-26(32)33)35-20-9-2-1-3-10-20)36-28(34)30-23-12-6-8-18-7-4-5-11-21(18)23/h1-17,25,27,31H,(H,30,34)(H,32,33)/b16-15+/t25-,27-/m1/s1. The van der Waals surface area contributed by atoms with Crippen LogP contribution < -0.4 is 10.1 Å². The van der Waals surface area contributed by atoms with E-state index in [0.29, 0.717) is 11.4 Å². The van der Waals surface area contributed by atoms with Gasteiger partial charge in [-0.3, -0.25) is 5.32 Å². The molecule has 0 heterocycles. The van der Waals surface area contributed by atoms with Gasteiger partial charge in [0.15, 0.2) is 23.8 Å². The van der Waals surface area contributed by atoms with Crippen molar-refractivity contribution in [3.05, 3.63) is 115 Å². The number of aromatic hydroxyl groups is 1. The number of hydrogen-bond donors (Lipinski definition) is 3. The first-order chi connectivity index (χ1) is 17.4. The third-order valence-corrected chi connectivity index (χ3v) is 5.30. The maximum Gasteiger partial charge on any atom is 0.412 e. The number of carbonyl (C=O) groups is 2. The van der Waals surface area contributed by atoms with Crippen molar-refractivity contribution in [1.29, 1.82) is 0 Å². The lowest BCUT2D eigenvalue weighted by molar-refractivity contribution is -0.131. The Kier molecular flexibility index (Phi) is 7.45. The van der Waals surface area contributed by atoms with E-state index < -0.39 is 35.8 Å². The number of carboxylic acids is 1. The Morgan fingerprint density at radius 2 is 1.64 bits per heavy atom. The normalized spacial score (nSPS) is 12.7. The number of halogens is 1. The maximum atomic E-state index is 14.2. The third kappa shape index (κ3) is 5.98. The van der Waals surface area contributed by atoms with Gasteiger partial charge < -0.3 is 19.7 Å². The van der Waals surface area contributed by atoms with Crippen molar-refractivity contribution in [2.45, 2.75) is 12.2 Å². The van der Waals surface area contributed by atoms with Crippen molar-refractivity contribution in [1.82, 2.24) is 0 Å². The van der Waals surface area contributed by atoms with Crippen LogP contribution in [0.4, 0.5) is 14.9 Å². The highest BCUT2D eigenvalue weighted by molar-refractivity contribution is 6.00. The zero-order valence-corrected chi connectivity index (χ0v) is 18.9. The lowest BCUT2D eigenvalue weighted by atomic mass is 10.0. The average molecular weight is 487 g/mol. The summed E-state index contributed by atoms with van der Waals surface area (Å²) < 4.78 is 25.9. The predicted octanol–water partition coefficient (Wildman–Crippen LogP) is 6.06. The molecule has 0 aliphatic carbocycles. The number of aliphatic carboxylic acids is 1. The first kappa shape index (κ1) is 24.3. The highest BCUT2D eigenvalue weighted by Gasteiger charge is 2.29. The van der Waals surface area contributed by atoms with Crippen LogP contribution in [0.15, 0.2) is 103 Å². The molecule has 4 aromatic rings. The van der Waals surface area contributed by atoms with Crippen molar-refractivity contribution < 1.29 is 33.7 Å². The number of phenolic OH excluding ortho intramolecular Hbond substituents is 1. The monoisotopic (exact) mass is 487 g/mol. The van der Waals surface area contributed by atoms with E-state index in [1.165, 1.54) is 12.1 Å². The molecule has 0 saturated heterocycles. The predicted molar refractivity (Wildman–Crippen MR) is 132 cm³/mol. The van der Waals surface area contributed by atoms with Gasteiger partial charge in [0.05, 0.1) is 5.69 Å². The fourth-order valence-corrected chi connectivity index (χ4v) is 3.65. The fraction of sp³-hybridized carbons (Fsp3) is 0.0714. The molecule has 182 valence electrons. The molecule has 8 heteroatoms. The molecule has 0 saturated carbocycles. The Balaban J connectivity index is 1.68. The Hall–Kier alpha value is -4.85. The van der Waals surface area contributed by atoms with Crippen molar-refractivity contribution in [3.8, 4) is 11.5 Å². The number of hydrogen-bond acceptors (Lipinski definition) is 5. The molecule has 36 heavy (non-hydrogen) atoms. The Morgan fingerprint density at radius 3 is 2.39 bits per heavy atom. The van der Waals surface area contributed by atoms with Gasteiger partial charge >= 0.3 is 12.1 Å². The summed E-state index contributed by atoms with van der Waals surface area (Å²) in [6.07, 6.45) is -1.23. The summed E-state index contributed by atoms with van der Waals surface area (Å²) in [5, 5.41) is 23.2. The van der Waals surface area contributed by atoms with Gasteiger partial charge in [0.1, 0.15) is 5.75 Å². The van der Waals surface area contributed by atoms with Gasteiger partial charge in [0.25, 0.3) is 0 Å². The quantitative estimate of drug-likeness (QED) is 0.261. The summed E-state index contributed by atoms with van der Waals surface area (Å²) in [4.78, 5) is 24.3. The minimum atomic E-state index is -1.27. The second kappa shape index (κ2) is 11.1. The number of para-hydroxylation sites is 1. The molecule has 7 nitrogen and oxygen atoms in total. The maximum absolute atomic E-state index is 14.2. The number of carbonyl (C=O) groups excluding carboxylic acids is 1. The molecule has 0 radical (unpaired) electrons. The van der Waals surface area contributed by atoms with Crippen molar-refractivity contribution in [2.75, 3.05) is 5.32 Å². The molecule has 4 rings (SSSR count). The van der Waals surface area contributed by atoms with Crippen LogP contribution in [0, 0.1) is 5.82 Å². The molecule has 2 atom stereocenters. The molecule has 4 aromatic carbocycles. The number of anilines is 1. The van der Waals surface area contributed by atoms with Gasteiger partial charge in [-0.25, -0.2) is 14.0 Å². The summed E-state index contributed by atoms with van der Waals surface area (Å²) in [6.45, 7) is 0. The highest BCUT2D eigenvalue weighted by Crippen LogP contribution is 2.31. The minimum absolute atomic E-state index is 0.148. The van der Waals surface area contributed by atoms with Gasteiger partial charge in [0.2, 0.25) is 0 Å². The molecule has 0 unspecified atom stereocenters. The van der Waals surface area contributed by atoms with Gasteiger partial charge in [-0.1, -0.05) is 60.7 Å². The van der Waals surface area contributed by atoms with E-state index in [-0.39, 0.29) is 5.56 Å². The first-order valence-electron chi connectivity index (χ1n) is 11.0. The number of rotatable bonds is 8. The Morgan fingerprint density at radius 1 is 0.917 bits per heavy atom. The molecule has 3 N–H and O–H groups in total. The Bertz CT molecular complexity index is 1400. The zero-order chi connectivity index (χ0) is 25.5. The molecule has 0 aromatic heterocycles. The van der Waals surface area contributed by atoms with Gasteiger partial charge in [-0.2, -0.15) is 0 Å². The van der Waals surface area contributed by atoms with Crippen LogP contribution in [0.25, 0.3) is 10.8 Å². The molecule has 0 bridgehead atoms. The summed E-state index contributed by atoms with van der Waals surface area (Å²) in [5.74, 6) is -2.39. The molecular weight excluding hydrogens is 465 g/mol. The van der Waals surface area contributed by atoms with E-state index in [4.69, 9.17) is 9.47 Å². The average Bonchev–Trinajstić information content (AvgIpc) is 2.88. The van der Waals surface area contributed by atoms with E-state index in [2.05, 4.69) is 5.32 Å². The van der Waals surface area contributed by atoms with Crippen LogP contribution in [-0.2, 0) is 9.53 Å². The van der Waals surface area contributed by atoms with E-state index in [0.717, 1.165) is 29.0 Å². The molecule has 1 amide bonds. The molecule has 0 aliphatic rings. The minimum Gasteiger partial charge on any atom is -0.505 e. The number of nitrogens with one attached hydrogen (secondary N) is 1. The van der Waals surface area contributed by atoms with E-state index in [9.17, 15) is 24.2 Å². The summed E-state index contributed by atoms with van der Waals surface area (Å²) in [6, 6.07) is 24.8. The van der Waals surface area contributed by atoms with Gasteiger partial charge in [-0.15, -0.1) is 0 Å². The van der Waals surface area contributed by atoms with Crippen molar-refractivity contribution in [3.63, 3.8) is 0 Å². The first-order valence-corrected chi connectivity index (χ1v) is 11.0. The lowest BCUT2D eigenvalue weighted by Gasteiger charge is -2.26. The van der Waals surface area contributed by atoms with Gasteiger partial charge in [0, 0.05) is 11.5 Å². The number of carboxylic acid groups (broad SMARTS) is 1. The Labute approximate surface area is 206 Å². The second-order valence-electron chi connectivity index (χ2n) is 7.78. The van der Waals surface area contributed by atoms with Gasteiger partial charge in [-0.05, 0) is 47.4 Å². The SMILES string of the molecule is O=C(O)/C=C/[C@@H](Oc1ccccc1)[C@H](OC(=O)Nc1cccc2ccccc12)c1ccc(O)c(F)c1. The smallest absolute Gasteiger partial charge is 0.412 e. The second-order valence-corrected chi connectivity index (χ2v) is 7.78. The number of benzene rings is 4. The molecule has 0 fully saturated rings. The third-order valence-electron chi connectivity index (χ3n) is 5.30. The summed E-state index contributed by atoms with van der Waals surface area (Å²) in [7, 11) is 0. The largest absolute Gasteiger partial charge is 0.505 e. The summed E-state index contributed by atoms with van der Waals surface area (Å²) in [5.41, 5.74) is 0.643. The van der Waals surface area contributed by atoms with Crippen LogP contribution in [0.2, 0.25) is 0 Å².